The van der Waals surface area contributed by atoms with Crippen LogP contribution in [-0.4, -0.2) is 0 Å². The third kappa shape index (κ3) is 4.03. The van der Waals surface area contributed by atoms with Crippen LogP contribution in [-0.2, 0) is 0 Å². The fourth-order valence-corrected chi connectivity index (χ4v) is 1.84. The summed E-state index contributed by atoms with van der Waals surface area (Å²) in [5, 5.41) is 0. The number of alkyl halides is 6. The molecule has 1 aromatic rings. The SMILES string of the molecule is ClC(Cl)c1cc(C(Cl)Cl)cc(C(Cl)Cl)c1. The smallest absolute Gasteiger partial charge is 0.100 e. The van der Waals surface area contributed by atoms with Gasteiger partial charge in [-0.25, -0.2) is 0 Å². The van der Waals surface area contributed by atoms with E-state index in [2.05, 4.69) is 0 Å². The number of rotatable bonds is 3. The molecule has 0 spiro atoms. The number of halogens is 6. The fourth-order valence-electron chi connectivity index (χ4n) is 1.08. The van der Waals surface area contributed by atoms with E-state index in [4.69, 9.17) is 69.6 Å². The van der Waals surface area contributed by atoms with Gasteiger partial charge in [-0.15, -0.1) is 69.6 Å². The van der Waals surface area contributed by atoms with Gasteiger partial charge in [-0.3, -0.25) is 0 Å². The Morgan fingerprint density at radius 1 is 0.533 bits per heavy atom. The van der Waals surface area contributed by atoms with Gasteiger partial charge in [0, 0.05) is 0 Å². The molecule has 1 aromatic carbocycles. The molecule has 0 saturated carbocycles. The number of hydrogen-bond donors (Lipinski definition) is 0. The molecule has 0 atom stereocenters. The highest BCUT2D eigenvalue weighted by molar-refractivity contribution is 6.45. The molecule has 0 fully saturated rings. The van der Waals surface area contributed by atoms with E-state index in [1.54, 1.807) is 18.2 Å². The molecule has 1 rings (SSSR count). The summed E-state index contributed by atoms with van der Waals surface area (Å²) in [5.74, 6) is 0. The molecule has 6 heteroatoms. The molecule has 0 aromatic heterocycles. The van der Waals surface area contributed by atoms with Crippen molar-refractivity contribution in [1.29, 1.82) is 0 Å². The van der Waals surface area contributed by atoms with Crippen LogP contribution in [0.25, 0.3) is 0 Å². The zero-order valence-electron chi connectivity index (χ0n) is 7.23. The van der Waals surface area contributed by atoms with Gasteiger partial charge in [0.05, 0.1) is 0 Å². The molecular weight excluding hydrogens is 321 g/mol. The van der Waals surface area contributed by atoms with Crippen molar-refractivity contribution in [3.63, 3.8) is 0 Å². The van der Waals surface area contributed by atoms with Crippen LogP contribution in [0.15, 0.2) is 18.2 Å². The van der Waals surface area contributed by atoms with Gasteiger partial charge in [0.15, 0.2) is 0 Å². The number of benzene rings is 1. The second-order valence-corrected chi connectivity index (χ2v) is 6.12. The lowest BCUT2D eigenvalue weighted by Gasteiger charge is -2.11. The summed E-state index contributed by atoms with van der Waals surface area (Å²) in [6.07, 6.45) is 0. The topological polar surface area (TPSA) is 0 Å². The largest absolute Gasteiger partial charge is 0.132 e. The van der Waals surface area contributed by atoms with E-state index in [0.717, 1.165) is 0 Å². The molecule has 0 unspecified atom stereocenters. The van der Waals surface area contributed by atoms with E-state index in [9.17, 15) is 0 Å². The summed E-state index contributed by atoms with van der Waals surface area (Å²) in [6.45, 7) is 0. The summed E-state index contributed by atoms with van der Waals surface area (Å²) in [4.78, 5) is -1.99. The summed E-state index contributed by atoms with van der Waals surface area (Å²) < 4.78 is 0. The molecule has 0 N–H and O–H groups in total. The van der Waals surface area contributed by atoms with Gasteiger partial charge < -0.3 is 0 Å². The van der Waals surface area contributed by atoms with Crippen molar-refractivity contribution < 1.29 is 0 Å². The summed E-state index contributed by atoms with van der Waals surface area (Å²) in [6, 6.07) is 5.15. The molecule has 0 aliphatic heterocycles. The third-order valence-electron chi connectivity index (χ3n) is 1.76. The molecule has 84 valence electrons. The van der Waals surface area contributed by atoms with E-state index in [-0.39, 0.29) is 0 Å². The van der Waals surface area contributed by atoms with Crippen molar-refractivity contribution in [2.24, 2.45) is 0 Å². The lowest BCUT2D eigenvalue weighted by Crippen LogP contribution is -1.92. The average Bonchev–Trinajstić information content (AvgIpc) is 2.16. The van der Waals surface area contributed by atoms with Crippen LogP contribution in [0.3, 0.4) is 0 Å². The Morgan fingerprint density at radius 3 is 0.867 bits per heavy atom. The summed E-state index contributed by atoms with van der Waals surface area (Å²) in [7, 11) is 0. The Balaban J connectivity index is 3.20. The minimum absolute atomic E-state index is 0.664. The first-order valence-corrected chi connectivity index (χ1v) is 6.53. The van der Waals surface area contributed by atoms with E-state index in [0.29, 0.717) is 16.7 Å². The van der Waals surface area contributed by atoms with Crippen LogP contribution in [0.2, 0.25) is 0 Å². The second-order valence-electron chi connectivity index (χ2n) is 2.84. The molecule has 15 heavy (non-hydrogen) atoms. The van der Waals surface area contributed by atoms with Gasteiger partial charge in [-0.05, 0) is 16.7 Å². The molecule has 0 aliphatic carbocycles. The van der Waals surface area contributed by atoms with Crippen molar-refractivity contribution in [2.45, 2.75) is 14.5 Å². The second kappa shape index (κ2) is 6.05. The van der Waals surface area contributed by atoms with Crippen LogP contribution >= 0.6 is 69.6 Å². The van der Waals surface area contributed by atoms with Crippen molar-refractivity contribution in [3.05, 3.63) is 34.9 Å². The van der Waals surface area contributed by atoms with Crippen molar-refractivity contribution in [3.8, 4) is 0 Å². The van der Waals surface area contributed by atoms with Gasteiger partial charge in [0.1, 0.15) is 14.5 Å². The Labute approximate surface area is 118 Å². The van der Waals surface area contributed by atoms with Gasteiger partial charge in [0.25, 0.3) is 0 Å². The molecule has 0 nitrogen and oxygen atoms in total. The maximum Gasteiger partial charge on any atom is 0.132 e. The first-order valence-electron chi connectivity index (χ1n) is 3.91. The summed E-state index contributed by atoms with van der Waals surface area (Å²) in [5.41, 5.74) is 2.01. The fraction of sp³-hybridized carbons (Fsp3) is 0.333. The van der Waals surface area contributed by atoms with E-state index >= 15 is 0 Å². The Kier molecular flexibility index (Phi) is 5.65. The van der Waals surface area contributed by atoms with Crippen molar-refractivity contribution in [1.82, 2.24) is 0 Å². The highest BCUT2D eigenvalue weighted by atomic mass is 35.5. The number of hydrogen-bond acceptors (Lipinski definition) is 0. The highest BCUT2D eigenvalue weighted by Gasteiger charge is 2.14. The van der Waals surface area contributed by atoms with Crippen LogP contribution < -0.4 is 0 Å². The van der Waals surface area contributed by atoms with Crippen LogP contribution in [0, 0.1) is 0 Å². The lowest BCUT2D eigenvalue weighted by atomic mass is 10.1. The van der Waals surface area contributed by atoms with Crippen LogP contribution in [0.4, 0.5) is 0 Å². The van der Waals surface area contributed by atoms with Crippen LogP contribution in [0.1, 0.15) is 31.2 Å². The van der Waals surface area contributed by atoms with E-state index in [1.807, 2.05) is 0 Å². The molecule has 0 amide bonds. The third-order valence-corrected chi connectivity index (χ3v) is 3.27. The zero-order chi connectivity index (χ0) is 11.6. The van der Waals surface area contributed by atoms with Crippen molar-refractivity contribution in [2.75, 3.05) is 0 Å². The van der Waals surface area contributed by atoms with Gasteiger partial charge >= 0.3 is 0 Å². The maximum atomic E-state index is 5.75. The minimum Gasteiger partial charge on any atom is -0.100 e. The van der Waals surface area contributed by atoms with E-state index < -0.39 is 14.5 Å². The molecule has 0 heterocycles. The zero-order valence-corrected chi connectivity index (χ0v) is 11.8. The quantitative estimate of drug-likeness (QED) is 0.587. The van der Waals surface area contributed by atoms with Gasteiger partial charge in [0.2, 0.25) is 0 Å². The summed E-state index contributed by atoms with van der Waals surface area (Å²) >= 11 is 34.5. The van der Waals surface area contributed by atoms with E-state index in [1.165, 1.54) is 0 Å². The van der Waals surface area contributed by atoms with Crippen molar-refractivity contribution >= 4 is 69.6 Å². The minimum atomic E-state index is -0.664. The molecule has 0 bridgehead atoms. The first-order chi connectivity index (χ1) is 6.91. The highest BCUT2D eigenvalue weighted by Crippen LogP contribution is 2.35. The van der Waals surface area contributed by atoms with Gasteiger partial charge in [-0.1, -0.05) is 18.2 Å². The molecule has 0 aliphatic rings. The first kappa shape index (κ1) is 14.0. The Hall–Kier alpha value is 0.960. The lowest BCUT2D eigenvalue weighted by molar-refractivity contribution is 1.21. The predicted molar refractivity (Wildman–Crippen MR) is 69.8 cm³/mol. The Bertz CT molecular complexity index is 269. The standard InChI is InChI=1S/C9H6Cl6/c10-7(11)4-1-5(8(12)13)3-6(2-4)9(14)15/h1-3,7-9H. The predicted octanol–water partition coefficient (Wildman–Crippen LogP) is 6.12. The average molecular weight is 327 g/mol. The maximum absolute atomic E-state index is 5.75. The monoisotopic (exact) mass is 324 g/mol. The van der Waals surface area contributed by atoms with Crippen LogP contribution in [0.5, 0.6) is 0 Å². The van der Waals surface area contributed by atoms with Gasteiger partial charge in [-0.2, -0.15) is 0 Å². The molecule has 0 radical (unpaired) electrons. The molecular formula is C9H6Cl6. The Morgan fingerprint density at radius 2 is 0.733 bits per heavy atom. The molecule has 0 saturated heterocycles. The normalized spacial score (nSPS) is 11.8.